The first-order chi connectivity index (χ1) is 14.3. The Morgan fingerprint density at radius 1 is 1.00 bits per heavy atom. The molecule has 0 saturated heterocycles. The van der Waals surface area contributed by atoms with Crippen molar-refractivity contribution in [2.75, 3.05) is 13.1 Å². The smallest absolute Gasteiger partial charge is 0.407 e. The van der Waals surface area contributed by atoms with Crippen LogP contribution in [0.15, 0.2) is 30.8 Å². The van der Waals surface area contributed by atoms with Gasteiger partial charge < -0.3 is 25.0 Å². The van der Waals surface area contributed by atoms with Gasteiger partial charge in [-0.2, -0.15) is 0 Å². The Bertz CT molecular complexity index is 817. The first-order valence-electron chi connectivity index (χ1n) is 10.3. The molecule has 31 heavy (non-hydrogen) atoms. The summed E-state index contributed by atoms with van der Waals surface area (Å²) in [6, 6.07) is 6.77. The van der Waals surface area contributed by atoms with Gasteiger partial charge in [-0.1, -0.05) is 24.8 Å². The summed E-state index contributed by atoms with van der Waals surface area (Å²) in [6.07, 6.45) is -0.770. The van der Waals surface area contributed by atoms with Crippen molar-refractivity contribution in [2.24, 2.45) is 0 Å². The molecule has 0 fully saturated rings. The Kier molecular flexibility index (Phi) is 7.36. The highest BCUT2D eigenvalue weighted by atomic mass is 16.6. The second kappa shape index (κ2) is 9.41. The first-order valence-corrected chi connectivity index (χ1v) is 10.3. The summed E-state index contributed by atoms with van der Waals surface area (Å²) in [7, 11) is 0. The number of hydrogen-bond acceptors (Lipinski definition) is 5. The molecule has 1 aliphatic rings. The highest BCUT2D eigenvalue weighted by Crippen LogP contribution is 2.31. The largest absolute Gasteiger partial charge is 0.444 e. The van der Waals surface area contributed by atoms with Gasteiger partial charge in [-0.3, -0.25) is 4.79 Å². The van der Waals surface area contributed by atoms with Gasteiger partial charge in [0.25, 0.3) is 5.91 Å². The van der Waals surface area contributed by atoms with E-state index in [1.807, 2.05) is 12.1 Å². The number of amides is 3. The molecule has 1 aromatic rings. The Balaban J connectivity index is 2.05. The van der Waals surface area contributed by atoms with Gasteiger partial charge in [0.05, 0.1) is 6.04 Å². The van der Waals surface area contributed by atoms with Crippen molar-refractivity contribution in [3.05, 3.63) is 42.0 Å². The lowest BCUT2D eigenvalue weighted by molar-refractivity contribution is 0.0485. The van der Waals surface area contributed by atoms with Crippen LogP contribution in [0.5, 0.6) is 0 Å². The minimum atomic E-state index is -0.660. The maximum Gasteiger partial charge on any atom is 0.407 e. The van der Waals surface area contributed by atoms with Crippen LogP contribution in [-0.4, -0.2) is 53.3 Å². The number of rotatable bonds is 6. The molecule has 8 nitrogen and oxygen atoms in total. The van der Waals surface area contributed by atoms with E-state index < -0.39 is 29.4 Å². The Morgan fingerprint density at radius 2 is 1.55 bits per heavy atom. The van der Waals surface area contributed by atoms with Crippen molar-refractivity contribution in [3.63, 3.8) is 0 Å². The Morgan fingerprint density at radius 3 is 2.10 bits per heavy atom. The molecule has 1 aliphatic heterocycles. The zero-order chi connectivity index (χ0) is 23.4. The van der Waals surface area contributed by atoms with Crippen LogP contribution in [0.2, 0.25) is 0 Å². The second-order valence-corrected chi connectivity index (χ2v) is 9.47. The van der Waals surface area contributed by atoms with Crippen molar-refractivity contribution in [3.8, 4) is 0 Å². The van der Waals surface area contributed by atoms with E-state index in [4.69, 9.17) is 9.47 Å². The zero-order valence-corrected chi connectivity index (χ0v) is 19.2. The molecular formula is C23H33N3O5. The summed E-state index contributed by atoms with van der Waals surface area (Å²) < 4.78 is 10.6. The third kappa shape index (κ3) is 7.31. The minimum absolute atomic E-state index is 0.170. The van der Waals surface area contributed by atoms with E-state index in [2.05, 4.69) is 17.2 Å². The van der Waals surface area contributed by atoms with Crippen molar-refractivity contribution in [2.45, 2.75) is 65.2 Å². The van der Waals surface area contributed by atoms with Gasteiger partial charge >= 0.3 is 12.2 Å². The van der Waals surface area contributed by atoms with Crippen LogP contribution in [0.25, 0.3) is 5.70 Å². The quantitative estimate of drug-likeness (QED) is 0.712. The fraction of sp³-hybridized carbons (Fsp3) is 0.522. The van der Waals surface area contributed by atoms with Crippen LogP contribution in [0.1, 0.15) is 63.9 Å². The standard InChI is InChI=1S/C23H33N3O5/c1-15-17-10-8-9-11-18(17)19(27)26(15)14-16(25-21(29)31-23(5,6)7)12-13-24-20(28)30-22(2,3)4/h8-11,16H,1,12-14H2,2-7H3,(H,24,28)(H,25,29)/t16-/m0/s1. The van der Waals surface area contributed by atoms with E-state index in [0.29, 0.717) is 17.7 Å². The van der Waals surface area contributed by atoms with Crippen LogP contribution in [-0.2, 0) is 9.47 Å². The fourth-order valence-corrected chi connectivity index (χ4v) is 3.09. The van der Waals surface area contributed by atoms with E-state index in [9.17, 15) is 14.4 Å². The predicted molar refractivity (Wildman–Crippen MR) is 119 cm³/mol. The molecule has 0 radical (unpaired) electrons. The minimum Gasteiger partial charge on any atom is -0.444 e. The van der Waals surface area contributed by atoms with Crippen LogP contribution >= 0.6 is 0 Å². The number of ether oxygens (including phenoxy) is 2. The third-order valence-corrected chi connectivity index (χ3v) is 4.32. The lowest BCUT2D eigenvalue weighted by Crippen LogP contribution is -2.47. The van der Waals surface area contributed by atoms with Gasteiger partial charge in [0.2, 0.25) is 0 Å². The molecule has 0 spiro atoms. The number of nitrogens with one attached hydrogen (secondary N) is 2. The molecule has 8 heteroatoms. The topological polar surface area (TPSA) is 97.0 Å². The molecule has 0 aliphatic carbocycles. The highest BCUT2D eigenvalue weighted by Gasteiger charge is 2.33. The number of hydrogen-bond donors (Lipinski definition) is 2. The third-order valence-electron chi connectivity index (χ3n) is 4.32. The highest BCUT2D eigenvalue weighted by molar-refractivity contribution is 6.08. The average molecular weight is 432 g/mol. The summed E-state index contributed by atoms with van der Waals surface area (Å²) in [6.45, 7) is 15.1. The van der Waals surface area contributed by atoms with E-state index in [-0.39, 0.29) is 19.0 Å². The Hall–Kier alpha value is -3.03. The summed E-state index contributed by atoms with van der Waals surface area (Å²) in [5.41, 5.74) is 0.665. The maximum atomic E-state index is 12.8. The van der Waals surface area contributed by atoms with Gasteiger partial charge in [-0.15, -0.1) is 0 Å². The van der Waals surface area contributed by atoms with Crippen molar-refractivity contribution < 1.29 is 23.9 Å². The lowest BCUT2D eigenvalue weighted by Gasteiger charge is -2.27. The van der Waals surface area contributed by atoms with Crippen LogP contribution in [0.4, 0.5) is 9.59 Å². The molecule has 0 bridgehead atoms. The molecule has 170 valence electrons. The van der Waals surface area contributed by atoms with E-state index in [1.54, 1.807) is 58.6 Å². The normalized spacial score (nSPS) is 14.7. The molecule has 1 heterocycles. The van der Waals surface area contributed by atoms with Crippen molar-refractivity contribution >= 4 is 23.8 Å². The summed E-state index contributed by atoms with van der Waals surface area (Å²) in [4.78, 5) is 38.6. The van der Waals surface area contributed by atoms with Gasteiger partial charge in [0.1, 0.15) is 11.2 Å². The zero-order valence-electron chi connectivity index (χ0n) is 19.2. The van der Waals surface area contributed by atoms with Crippen LogP contribution in [0.3, 0.4) is 0 Å². The molecule has 0 aromatic heterocycles. The molecule has 3 amide bonds. The number of carbonyl (C=O) groups is 3. The van der Waals surface area contributed by atoms with Crippen molar-refractivity contribution in [1.82, 2.24) is 15.5 Å². The summed E-state index contributed by atoms with van der Waals surface area (Å²) in [5.74, 6) is -0.170. The Labute approximate surface area is 184 Å². The fourth-order valence-electron chi connectivity index (χ4n) is 3.09. The monoisotopic (exact) mass is 431 g/mol. The van der Waals surface area contributed by atoms with Gasteiger partial charge in [0.15, 0.2) is 0 Å². The van der Waals surface area contributed by atoms with E-state index >= 15 is 0 Å². The number of nitrogens with zero attached hydrogens (tertiary/aromatic N) is 1. The molecular weight excluding hydrogens is 398 g/mol. The van der Waals surface area contributed by atoms with Crippen LogP contribution in [0, 0.1) is 0 Å². The SMILES string of the molecule is C=C1c2ccccc2C(=O)N1C[C@H](CCNC(=O)OC(C)(C)C)NC(=O)OC(C)(C)C. The molecule has 1 atom stereocenters. The second-order valence-electron chi connectivity index (χ2n) is 9.47. The van der Waals surface area contributed by atoms with Crippen LogP contribution < -0.4 is 10.6 Å². The number of carbonyl (C=O) groups excluding carboxylic acids is 3. The number of alkyl carbamates (subject to hydrolysis) is 2. The van der Waals surface area contributed by atoms with Gasteiger partial charge in [0, 0.05) is 29.9 Å². The van der Waals surface area contributed by atoms with E-state index in [0.717, 1.165) is 5.56 Å². The number of benzene rings is 1. The summed E-state index contributed by atoms with van der Waals surface area (Å²) >= 11 is 0. The number of fused-ring (bicyclic) bond motifs is 1. The first kappa shape index (κ1) is 24.2. The molecule has 0 saturated carbocycles. The van der Waals surface area contributed by atoms with Gasteiger partial charge in [-0.25, -0.2) is 9.59 Å². The summed E-state index contributed by atoms with van der Waals surface area (Å²) in [5, 5.41) is 5.48. The molecule has 2 N–H and O–H groups in total. The van der Waals surface area contributed by atoms with Gasteiger partial charge in [-0.05, 0) is 54.0 Å². The maximum absolute atomic E-state index is 12.8. The lowest BCUT2D eigenvalue weighted by atomic mass is 10.1. The predicted octanol–water partition coefficient (Wildman–Crippen LogP) is 3.92. The van der Waals surface area contributed by atoms with Crippen molar-refractivity contribution in [1.29, 1.82) is 0 Å². The molecule has 1 aromatic carbocycles. The van der Waals surface area contributed by atoms with E-state index in [1.165, 1.54) is 0 Å². The molecule has 0 unspecified atom stereocenters. The molecule has 2 rings (SSSR count). The average Bonchev–Trinajstić information content (AvgIpc) is 2.84.